The van der Waals surface area contributed by atoms with E-state index in [-0.39, 0.29) is 0 Å². The normalized spacial score (nSPS) is 9.30. The van der Waals surface area contributed by atoms with E-state index < -0.39 is 0 Å². The maximum atomic E-state index is 10.1. The fourth-order valence-electron chi connectivity index (χ4n) is 0.649. The van der Waals surface area contributed by atoms with Gasteiger partial charge >= 0.3 is 11.7 Å². The van der Waals surface area contributed by atoms with Crippen LogP contribution in [-0.4, -0.2) is 0 Å². The van der Waals surface area contributed by atoms with Gasteiger partial charge in [-0.1, -0.05) is 28.1 Å². The Hall–Kier alpha value is -0.280. The minimum absolute atomic E-state index is 0.549. The van der Waals surface area contributed by atoms with Crippen molar-refractivity contribution in [1.29, 1.82) is 0 Å². The average Bonchev–Trinajstić information content (AvgIpc) is 1.95. The second-order valence-electron chi connectivity index (χ2n) is 1.89. The molecule has 0 spiro atoms. The number of rotatable bonds is 2. The monoisotopic (exact) mass is 217 g/mol. The molecule has 0 bridgehead atoms. The number of benzene rings is 1. The summed E-state index contributed by atoms with van der Waals surface area (Å²) in [5.41, 5.74) is 1.07. The first-order chi connectivity index (χ1) is 4.83. The molecule has 0 aliphatic rings. The van der Waals surface area contributed by atoms with Gasteiger partial charge in [0.15, 0.2) is 0 Å². The first kappa shape index (κ1) is 7.82. The summed E-state index contributed by atoms with van der Waals surface area (Å²) in [6.07, 6.45) is 0. The lowest BCUT2D eigenvalue weighted by molar-refractivity contribution is 0.604. The molecule has 0 unspecified atom stereocenters. The molecule has 1 aromatic rings. The van der Waals surface area contributed by atoms with Crippen LogP contribution in [0.15, 0.2) is 28.7 Å². The highest BCUT2D eigenvalue weighted by Gasteiger charge is 1.99. The van der Waals surface area contributed by atoms with Crippen LogP contribution in [0.25, 0.3) is 0 Å². The van der Waals surface area contributed by atoms with Crippen LogP contribution in [-0.2, 0) is 21.6 Å². The Morgan fingerprint density at radius 1 is 1.30 bits per heavy atom. The molecule has 0 aromatic heterocycles. The van der Waals surface area contributed by atoms with Crippen molar-refractivity contribution in [3.8, 4) is 0 Å². The predicted octanol–water partition coefficient (Wildman–Crippen LogP) is 2.38. The second-order valence-corrected chi connectivity index (χ2v) is 3.33. The minimum Gasteiger partial charge on any atom is -0.0524 e. The Morgan fingerprint density at radius 2 is 1.90 bits per heavy atom. The molecule has 0 aliphatic heterocycles. The Kier molecular flexibility index (Phi) is 2.96. The molecule has 3 heteroatoms. The van der Waals surface area contributed by atoms with Crippen molar-refractivity contribution in [2.24, 2.45) is 0 Å². The predicted molar refractivity (Wildman–Crippen MR) is 45.9 cm³/mol. The number of hydrogen-bond acceptors (Lipinski definition) is 1. The van der Waals surface area contributed by atoms with Gasteiger partial charge in [-0.15, -0.1) is 0 Å². The van der Waals surface area contributed by atoms with Crippen LogP contribution in [0, 0.1) is 0 Å². The van der Waals surface area contributed by atoms with Gasteiger partial charge in [-0.2, -0.15) is 0 Å². The molecule has 0 saturated carbocycles. The summed E-state index contributed by atoms with van der Waals surface area (Å²) in [5, 5.41) is 0. The lowest BCUT2D eigenvalue weighted by Crippen LogP contribution is -1.79. The summed E-state index contributed by atoms with van der Waals surface area (Å²) in [7, 11) is 0. The van der Waals surface area contributed by atoms with Crippen molar-refractivity contribution in [1.82, 2.24) is 0 Å². The third-order valence-electron chi connectivity index (χ3n) is 1.14. The van der Waals surface area contributed by atoms with E-state index in [9.17, 15) is 4.21 Å². The molecule has 0 heterocycles. The lowest BCUT2D eigenvalue weighted by Gasteiger charge is -1.88. The number of hydrogen-bond donors (Lipinski definition) is 0. The van der Waals surface area contributed by atoms with Crippen LogP contribution in [0.3, 0.4) is 0 Å². The molecule has 0 atom stereocenters. The van der Waals surface area contributed by atoms with Crippen molar-refractivity contribution in [3.05, 3.63) is 34.3 Å². The van der Waals surface area contributed by atoms with E-state index in [4.69, 9.17) is 0 Å². The molecule has 0 aliphatic carbocycles. The summed E-state index contributed by atoms with van der Waals surface area (Å²) >= 11 is 3.91. The zero-order valence-corrected chi connectivity index (χ0v) is 7.61. The fourth-order valence-corrected chi connectivity index (χ4v) is 1.24. The largest absolute Gasteiger partial charge is 0.463 e. The van der Waals surface area contributed by atoms with Crippen molar-refractivity contribution in [3.63, 3.8) is 0 Å². The lowest BCUT2D eigenvalue weighted by atomic mass is 10.2. The Labute approximate surface area is 72.1 Å². The second kappa shape index (κ2) is 3.78. The van der Waals surface area contributed by atoms with Crippen molar-refractivity contribution in [2.45, 2.75) is 5.75 Å². The summed E-state index contributed by atoms with van der Waals surface area (Å²) < 4.78 is 11.1. The molecule has 1 rings (SSSR count). The molecule has 52 valence electrons. The van der Waals surface area contributed by atoms with E-state index in [1.807, 2.05) is 24.3 Å². The Bertz CT molecular complexity index is 220. The van der Waals surface area contributed by atoms with Crippen molar-refractivity contribution < 1.29 is 4.21 Å². The summed E-state index contributed by atoms with van der Waals surface area (Å²) in [4.78, 5) is 0. The highest BCUT2D eigenvalue weighted by molar-refractivity contribution is 9.10. The van der Waals surface area contributed by atoms with Crippen molar-refractivity contribution >= 4 is 27.6 Å². The van der Waals surface area contributed by atoms with Gasteiger partial charge in [0, 0.05) is 14.2 Å². The van der Waals surface area contributed by atoms with Crippen LogP contribution in [0.5, 0.6) is 0 Å². The van der Waals surface area contributed by atoms with E-state index in [1.54, 1.807) is 0 Å². The first-order valence-electron chi connectivity index (χ1n) is 2.82. The maximum Gasteiger partial charge on any atom is 0.463 e. The van der Waals surface area contributed by atoms with Crippen LogP contribution >= 0.6 is 15.9 Å². The molecule has 0 fully saturated rings. The van der Waals surface area contributed by atoms with Crippen molar-refractivity contribution in [2.75, 3.05) is 0 Å². The molecule has 0 saturated heterocycles. The van der Waals surface area contributed by atoms with Crippen LogP contribution in [0.1, 0.15) is 5.56 Å². The van der Waals surface area contributed by atoms with E-state index >= 15 is 0 Å². The summed E-state index contributed by atoms with van der Waals surface area (Å²) in [6.45, 7) is 0. The standard InChI is InChI=1S/C7H6BrOS/c8-7-3-1-6(2-4-7)5-10-9/h1-4H,5H2/q+1. The third kappa shape index (κ3) is 2.15. The Balaban J connectivity index is 2.78. The minimum atomic E-state index is 0.549. The van der Waals surface area contributed by atoms with E-state index in [0.717, 1.165) is 10.0 Å². The van der Waals surface area contributed by atoms with Crippen LogP contribution in [0.2, 0.25) is 0 Å². The molecular weight excluding hydrogens is 212 g/mol. The smallest absolute Gasteiger partial charge is 0.0524 e. The van der Waals surface area contributed by atoms with Gasteiger partial charge in [0.2, 0.25) is 0 Å². The van der Waals surface area contributed by atoms with Gasteiger partial charge in [0.1, 0.15) is 0 Å². The zero-order valence-electron chi connectivity index (χ0n) is 5.21. The average molecular weight is 218 g/mol. The number of halogens is 1. The highest BCUT2D eigenvalue weighted by Crippen LogP contribution is 2.10. The van der Waals surface area contributed by atoms with E-state index in [1.165, 1.54) is 0 Å². The Morgan fingerprint density at radius 3 is 2.40 bits per heavy atom. The molecular formula is C7H6BrOS+. The molecule has 0 amide bonds. The van der Waals surface area contributed by atoms with Gasteiger partial charge in [0.25, 0.3) is 5.75 Å². The topological polar surface area (TPSA) is 17.1 Å². The van der Waals surface area contributed by atoms with Gasteiger partial charge in [-0.25, -0.2) is 0 Å². The summed E-state index contributed by atoms with van der Waals surface area (Å²) in [6, 6.07) is 7.75. The third-order valence-corrected chi connectivity index (χ3v) is 2.12. The highest BCUT2D eigenvalue weighted by atomic mass is 79.9. The summed E-state index contributed by atoms with van der Waals surface area (Å²) in [5.74, 6) is 0.549. The van der Waals surface area contributed by atoms with Gasteiger partial charge < -0.3 is 0 Å². The van der Waals surface area contributed by atoms with Gasteiger partial charge in [0.05, 0.1) is 0 Å². The first-order valence-corrected chi connectivity index (χ1v) is 4.52. The molecule has 0 radical (unpaired) electrons. The molecule has 1 aromatic carbocycles. The van der Waals surface area contributed by atoms with E-state index in [2.05, 4.69) is 15.9 Å². The van der Waals surface area contributed by atoms with E-state index in [0.29, 0.717) is 17.4 Å². The molecule has 1 nitrogen and oxygen atoms in total. The quantitative estimate of drug-likeness (QED) is 0.696. The molecule has 0 N–H and O–H groups in total. The SMILES string of the molecule is O=[S+]Cc1ccc(Br)cc1. The zero-order chi connectivity index (χ0) is 7.40. The fraction of sp³-hybridized carbons (Fsp3) is 0.143. The maximum absolute atomic E-state index is 10.1. The van der Waals surface area contributed by atoms with Gasteiger partial charge in [-0.3, -0.25) is 0 Å². The van der Waals surface area contributed by atoms with Crippen LogP contribution in [0.4, 0.5) is 0 Å². The van der Waals surface area contributed by atoms with Gasteiger partial charge in [-0.05, 0) is 12.1 Å². The molecule has 10 heavy (non-hydrogen) atoms. The van der Waals surface area contributed by atoms with Crippen LogP contribution < -0.4 is 0 Å².